The molecule has 2 heterocycles. The molecule has 8 nitrogen and oxygen atoms in total. The Morgan fingerprint density at radius 3 is 2.67 bits per heavy atom. The molecule has 0 bridgehead atoms. The van der Waals surface area contributed by atoms with E-state index in [4.69, 9.17) is 5.11 Å². The molecule has 0 unspecified atom stereocenters. The summed E-state index contributed by atoms with van der Waals surface area (Å²) in [6.07, 6.45) is 1.86. The highest BCUT2D eigenvalue weighted by atomic mass is 16.4. The van der Waals surface area contributed by atoms with E-state index in [0.717, 1.165) is 4.57 Å². The number of H-pyrrole nitrogens is 1. The molecule has 0 aromatic carbocycles. The predicted molar refractivity (Wildman–Crippen MR) is 76.5 cm³/mol. The summed E-state index contributed by atoms with van der Waals surface area (Å²) in [5, 5.41) is 8.58. The summed E-state index contributed by atoms with van der Waals surface area (Å²) in [5.41, 5.74) is -0.117. The van der Waals surface area contributed by atoms with Crippen LogP contribution in [0.3, 0.4) is 0 Å². The highest BCUT2D eigenvalue weighted by Crippen LogP contribution is 2.08. The fraction of sp³-hybridized carbons (Fsp3) is 0.538. The fourth-order valence-electron chi connectivity index (χ4n) is 2.26. The molecule has 0 aliphatic heterocycles. The average molecular weight is 294 g/mol. The Morgan fingerprint density at radius 2 is 2.05 bits per heavy atom. The number of carboxylic acids is 1. The molecule has 0 spiro atoms. The van der Waals surface area contributed by atoms with Crippen molar-refractivity contribution in [2.75, 3.05) is 0 Å². The molecule has 0 aliphatic rings. The number of nitrogens with zero attached hydrogens (tertiary/aromatic N) is 3. The lowest BCUT2D eigenvalue weighted by Crippen LogP contribution is -2.38. The highest BCUT2D eigenvalue weighted by molar-refractivity contribution is 5.69. The summed E-state index contributed by atoms with van der Waals surface area (Å²) >= 11 is 0. The van der Waals surface area contributed by atoms with Crippen molar-refractivity contribution < 1.29 is 9.90 Å². The zero-order valence-corrected chi connectivity index (χ0v) is 12.0. The van der Waals surface area contributed by atoms with Gasteiger partial charge in [-0.1, -0.05) is 0 Å². The maximum Gasteiger partial charge on any atom is 0.332 e. The SMILES string of the molecule is CCn1c(=O)c2[nH]c(CCCCC(=O)O)nc2n(C)c1=O. The molecule has 0 atom stereocenters. The van der Waals surface area contributed by atoms with Crippen LogP contribution in [0.2, 0.25) is 0 Å². The Morgan fingerprint density at radius 1 is 1.33 bits per heavy atom. The van der Waals surface area contributed by atoms with E-state index >= 15 is 0 Å². The summed E-state index contributed by atoms with van der Waals surface area (Å²) in [7, 11) is 1.57. The van der Waals surface area contributed by atoms with E-state index in [2.05, 4.69) is 9.97 Å². The van der Waals surface area contributed by atoms with E-state index in [0.29, 0.717) is 42.8 Å². The second kappa shape index (κ2) is 5.94. The van der Waals surface area contributed by atoms with E-state index in [1.54, 1.807) is 14.0 Å². The predicted octanol–water partition coefficient (Wildman–Crippen LogP) is 0.241. The number of aromatic amines is 1. The number of aryl methyl sites for hydroxylation is 2. The summed E-state index contributed by atoms with van der Waals surface area (Å²) in [6.45, 7) is 2.03. The van der Waals surface area contributed by atoms with E-state index < -0.39 is 5.97 Å². The van der Waals surface area contributed by atoms with Crippen LogP contribution in [0.5, 0.6) is 0 Å². The lowest BCUT2D eigenvalue weighted by Gasteiger charge is -2.03. The van der Waals surface area contributed by atoms with Crippen molar-refractivity contribution in [3.05, 3.63) is 26.7 Å². The molecule has 0 saturated carbocycles. The van der Waals surface area contributed by atoms with Crippen LogP contribution in [-0.2, 0) is 24.8 Å². The zero-order valence-electron chi connectivity index (χ0n) is 12.0. The van der Waals surface area contributed by atoms with E-state index in [1.807, 2.05) is 0 Å². The van der Waals surface area contributed by atoms with Crippen LogP contribution < -0.4 is 11.2 Å². The first-order valence-corrected chi connectivity index (χ1v) is 6.86. The van der Waals surface area contributed by atoms with Gasteiger partial charge in [0, 0.05) is 26.4 Å². The highest BCUT2D eigenvalue weighted by Gasteiger charge is 2.14. The lowest BCUT2D eigenvalue weighted by molar-refractivity contribution is -0.137. The van der Waals surface area contributed by atoms with Gasteiger partial charge in [0.1, 0.15) is 11.3 Å². The van der Waals surface area contributed by atoms with Crippen molar-refractivity contribution in [3.63, 3.8) is 0 Å². The largest absolute Gasteiger partial charge is 0.481 e. The van der Waals surface area contributed by atoms with Crippen molar-refractivity contribution in [2.24, 2.45) is 7.05 Å². The minimum Gasteiger partial charge on any atom is -0.481 e. The average Bonchev–Trinajstić information content (AvgIpc) is 2.86. The topological polar surface area (TPSA) is 110 Å². The first-order valence-electron chi connectivity index (χ1n) is 6.86. The molecule has 2 aromatic heterocycles. The molecule has 0 aliphatic carbocycles. The number of imidazole rings is 1. The van der Waals surface area contributed by atoms with Crippen LogP contribution in [0, 0.1) is 0 Å². The van der Waals surface area contributed by atoms with Gasteiger partial charge in [0.05, 0.1) is 0 Å². The third-order valence-corrected chi connectivity index (χ3v) is 3.40. The number of carbonyl (C=O) groups is 1. The van der Waals surface area contributed by atoms with Crippen LogP contribution in [0.25, 0.3) is 11.2 Å². The van der Waals surface area contributed by atoms with Crippen molar-refractivity contribution in [1.82, 2.24) is 19.1 Å². The van der Waals surface area contributed by atoms with Crippen molar-refractivity contribution in [3.8, 4) is 0 Å². The molecule has 2 aromatic rings. The molecule has 8 heteroatoms. The Kier molecular flexibility index (Phi) is 4.25. The first kappa shape index (κ1) is 15.0. The third kappa shape index (κ3) is 2.88. The monoisotopic (exact) mass is 294 g/mol. The molecular weight excluding hydrogens is 276 g/mol. The number of carboxylic acid groups (broad SMARTS) is 1. The number of hydrogen-bond acceptors (Lipinski definition) is 4. The second-order valence-electron chi connectivity index (χ2n) is 4.87. The lowest BCUT2D eigenvalue weighted by atomic mass is 10.2. The van der Waals surface area contributed by atoms with Gasteiger partial charge in [-0.2, -0.15) is 0 Å². The van der Waals surface area contributed by atoms with Crippen LogP contribution in [-0.4, -0.2) is 30.2 Å². The number of aliphatic carboxylic acids is 1. The molecular formula is C13H18N4O4. The van der Waals surface area contributed by atoms with Crippen molar-refractivity contribution in [1.29, 1.82) is 0 Å². The Hall–Kier alpha value is -2.38. The van der Waals surface area contributed by atoms with Gasteiger partial charge in [-0.15, -0.1) is 0 Å². The Labute approximate surface area is 120 Å². The molecule has 21 heavy (non-hydrogen) atoms. The number of fused-ring (bicyclic) bond motifs is 1. The Balaban J connectivity index is 2.32. The minimum absolute atomic E-state index is 0.112. The van der Waals surface area contributed by atoms with Gasteiger partial charge >= 0.3 is 11.7 Å². The fourth-order valence-corrected chi connectivity index (χ4v) is 2.26. The quantitative estimate of drug-likeness (QED) is 0.742. The van der Waals surface area contributed by atoms with Crippen LogP contribution in [0.15, 0.2) is 9.59 Å². The normalized spacial score (nSPS) is 11.1. The van der Waals surface area contributed by atoms with Gasteiger partial charge in [-0.05, 0) is 19.8 Å². The Bertz CT molecular complexity index is 784. The molecule has 0 saturated heterocycles. The van der Waals surface area contributed by atoms with Gasteiger partial charge in [0.2, 0.25) is 0 Å². The molecule has 0 fully saturated rings. The van der Waals surface area contributed by atoms with Gasteiger partial charge in [-0.25, -0.2) is 9.78 Å². The van der Waals surface area contributed by atoms with Gasteiger partial charge < -0.3 is 10.1 Å². The number of hydrogen-bond donors (Lipinski definition) is 2. The first-order chi connectivity index (χ1) is 9.95. The van der Waals surface area contributed by atoms with Crippen molar-refractivity contribution in [2.45, 2.75) is 39.2 Å². The van der Waals surface area contributed by atoms with E-state index in [1.165, 1.54) is 4.57 Å². The van der Waals surface area contributed by atoms with Crippen LogP contribution >= 0.6 is 0 Å². The number of rotatable bonds is 6. The van der Waals surface area contributed by atoms with Crippen molar-refractivity contribution >= 4 is 17.1 Å². The minimum atomic E-state index is -0.826. The van der Waals surface area contributed by atoms with Gasteiger partial charge in [0.15, 0.2) is 5.65 Å². The summed E-state index contributed by atoms with van der Waals surface area (Å²) < 4.78 is 2.49. The number of nitrogens with one attached hydrogen (secondary N) is 1. The summed E-state index contributed by atoms with van der Waals surface area (Å²) in [5.74, 6) is -0.232. The second-order valence-corrected chi connectivity index (χ2v) is 4.87. The van der Waals surface area contributed by atoms with Gasteiger partial charge in [0.25, 0.3) is 5.56 Å². The molecule has 2 N–H and O–H groups in total. The molecule has 2 rings (SSSR count). The smallest absolute Gasteiger partial charge is 0.332 e. The van der Waals surface area contributed by atoms with E-state index in [9.17, 15) is 14.4 Å². The van der Waals surface area contributed by atoms with E-state index in [-0.39, 0.29) is 17.7 Å². The number of aromatic nitrogens is 4. The zero-order chi connectivity index (χ0) is 15.6. The standard InChI is InChI=1S/C13H18N4O4/c1-3-17-12(20)10-11(16(2)13(17)21)15-8(14-10)6-4-5-7-9(18)19/h3-7H2,1-2H3,(H,14,15)(H,18,19). The number of unbranched alkanes of at least 4 members (excludes halogenated alkanes) is 1. The molecule has 0 amide bonds. The molecule has 0 radical (unpaired) electrons. The summed E-state index contributed by atoms with van der Waals surface area (Å²) in [6, 6.07) is 0. The summed E-state index contributed by atoms with van der Waals surface area (Å²) in [4.78, 5) is 41.8. The van der Waals surface area contributed by atoms with Crippen LogP contribution in [0.1, 0.15) is 32.0 Å². The van der Waals surface area contributed by atoms with Gasteiger partial charge in [-0.3, -0.25) is 18.7 Å². The third-order valence-electron chi connectivity index (χ3n) is 3.40. The van der Waals surface area contributed by atoms with Crippen LogP contribution in [0.4, 0.5) is 0 Å². The maximum atomic E-state index is 12.2. The molecule has 114 valence electrons. The maximum absolute atomic E-state index is 12.2.